The Bertz CT molecular complexity index is 327. The Hall–Kier alpha value is -0.870. The van der Waals surface area contributed by atoms with Gasteiger partial charge in [-0.1, -0.05) is 5.57 Å². The summed E-state index contributed by atoms with van der Waals surface area (Å²) in [6, 6.07) is 1.41. The van der Waals surface area contributed by atoms with Gasteiger partial charge in [-0.05, 0) is 33.2 Å². The topological polar surface area (TPSA) is 43.8 Å². The second-order valence-electron chi connectivity index (χ2n) is 5.40. The number of carboxylic acids is 1. The Morgan fingerprint density at radius 2 is 2.06 bits per heavy atom. The maximum absolute atomic E-state index is 10.6. The number of rotatable bonds is 3. The molecule has 0 saturated carbocycles. The quantitative estimate of drug-likeness (QED) is 0.750. The average molecular weight is 238 g/mol. The summed E-state index contributed by atoms with van der Waals surface area (Å²) in [7, 11) is 2.23. The first-order valence-corrected chi connectivity index (χ1v) is 6.40. The van der Waals surface area contributed by atoms with Crippen molar-refractivity contribution in [3.8, 4) is 0 Å². The van der Waals surface area contributed by atoms with Crippen molar-refractivity contribution in [2.75, 3.05) is 26.7 Å². The molecule has 4 nitrogen and oxygen atoms in total. The molecule has 1 N–H and O–H groups in total. The summed E-state index contributed by atoms with van der Waals surface area (Å²) in [6.45, 7) is 4.87. The van der Waals surface area contributed by atoms with Gasteiger partial charge in [-0.25, -0.2) is 4.79 Å². The number of likely N-dealkylation sites (N-methyl/N-ethyl adjacent to an activating group) is 1. The minimum atomic E-state index is -0.837. The van der Waals surface area contributed by atoms with E-state index in [1.807, 2.05) is 6.92 Å². The van der Waals surface area contributed by atoms with Crippen LogP contribution in [0.5, 0.6) is 0 Å². The summed E-state index contributed by atoms with van der Waals surface area (Å²) in [5, 5.41) is 8.71. The van der Waals surface area contributed by atoms with Gasteiger partial charge < -0.3 is 5.11 Å². The smallest absolute Gasteiger partial charge is 0.328 e. The van der Waals surface area contributed by atoms with Crippen molar-refractivity contribution in [1.82, 2.24) is 9.80 Å². The summed E-state index contributed by atoms with van der Waals surface area (Å²) < 4.78 is 0. The molecule has 96 valence electrons. The molecule has 2 bridgehead atoms. The van der Waals surface area contributed by atoms with Crippen LogP contribution in [0.25, 0.3) is 0 Å². The highest BCUT2D eigenvalue weighted by atomic mass is 16.4. The Morgan fingerprint density at radius 1 is 1.35 bits per heavy atom. The normalized spacial score (nSPS) is 31.5. The lowest BCUT2D eigenvalue weighted by Gasteiger charge is -2.25. The highest BCUT2D eigenvalue weighted by Gasteiger charge is 2.34. The number of hydrogen-bond acceptors (Lipinski definition) is 3. The molecule has 0 aromatic carbocycles. The van der Waals surface area contributed by atoms with E-state index in [9.17, 15) is 4.79 Å². The van der Waals surface area contributed by atoms with Crippen LogP contribution in [0.15, 0.2) is 11.6 Å². The van der Waals surface area contributed by atoms with Gasteiger partial charge in [0.25, 0.3) is 0 Å². The molecule has 2 fully saturated rings. The van der Waals surface area contributed by atoms with Crippen molar-refractivity contribution in [3.05, 3.63) is 11.6 Å². The highest BCUT2D eigenvalue weighted by molar-refractivity contribution is 5.80. The summed E-state index contributed by atoms with van der Waals surface area (Å²) in [5.74, 6) is -0.837. The summed E-state index contributed by atoms with van der Waals surface area (Å²) >= 11 is 0. The number of likely N-dealkylation sites (tertiary alicyclic amines) is 1. The second-order valence-corrected chi connectivity index (χ2v) is 5.40. The minimum Gasteiger partial charge on any atom is -0.478 e. The van der Waals surface area contributed by atoms with Crippen LogP contribution in [0.1, 0.15) is 26.2 Å². The molecule has 2 heterocycles. The molecule has 0 amide bonds. The van der Waals surface area contributed by atoms with Crippen molar-refractivity contribution in [3.63, 3.8) is 0 Å². The number of carbonyl (C=O) groups is 1. The molecule has 0 aromatic heterocycles. The molecule has 17 heavy (non-hydrogen) atoms. The van der Waals surface area contributed by atoms with Crippen LogP contribution in [0, 0.1) is 0 Å². The van der Waals surface area contributed by atoms with E-state index in [4.69, 9.17) is 5.11 Å². The average Bonchev–Trinajstić information content (AvgIpc) is 2.45. The number of hydrogen-bond donors (Lipinski definition) is 1. The number of fused-ring (bicyclic) bond motifs is 2. The first kappa shape index (κ1) is 12.6. The Morgan fingerprint density at radius 3 is 2.76 bits per heavy atom. The van der Waals surface area contributed by atoms with Gasteiger partial charge in [0, 0.05) is 37.8 Å². The van der Waals surface area contributed by atoms with Gasteiger partial charge in [-0.15, -0.1) is 0 Å². The van der Waals surface area contributed by atoms with Crippen molar-refractivity contribution in [1.29, 1.82) is 0 Å². The van der Waals surface area contributed by atoms with Crippen molar-refractivity contribution in [2.24, 2.45) is 0 Å². The summed E-state index contributed by atoms with van der Waals surface area (Å²) in [4.78, 5) is 15.5. The zero-order chi connectivity index (χ0) is 12.4. The molecule has 2 unspecified atom stereocenters. The molecule has 4 heteroatoms. The molecule has 2 aliphatic heterocycles. The van der Waals surface area contributed by atoms with Gasteiger partial charge in [0.15, 0.2) is 0 Å². The monoisotopic (exact) mass is 238 g/mol. The molecule has 2 rings (SSSR count). The molecule has 2 aliphatic rings. The fourth-order valence-electron chi connectivity index (χ4n) is 3.13. The van der Waals surface area contributed by atoms with E-state index >= 15 is 0 Å². The third-order valence-corrected chi connectivity index (χ3v) is 4.08. The van der Waals surface area contributed by atoms with E-state index in [0.29, 0.717) is 6.04 Å². The summed E-state index contributed by atoms with van der Waals surface area (Å²) in [5.41, 5.74) is 0.943. The first-order chi connectivity index (χ1) is 8.06. The zero-order valence-electron chi connectivity index (χ0n) is 10.7. The third-order valence-electron chi connectivity index (χ3n) is 4.08. The van der Waals surface area contributed by atoms with Gasteiger partial charge in [-0.3, -0.25) is 9.80 Å². The SMILES string of the molecule is CC(=CC(=O)O)CN1CCC2CCC(C1)N2C. The fraction of sp³-hybridized carbons (Fsp3) is 0.769. The molecule has 0 aromatic rings. The van der Waals surface area contributed by atoms with E-state index in [-0.39, 0.29) is 0 Å². The molecular weight excluding hydrogens is 216 g/mol. The Labute approximate surface area is 103 Å². The highest BCUT2D eigenvalue weighted by Crippen LogP contribution is 2.28. The Balaban J connectivity index is 1.93. The van der Waals surface area contributed by atoms with Crippen LogP contribution >= 0.6 is 0 Å². The van der Waals surface area contributed by atoms with Crippen molar-refractivity contribution < 1.29 is 9.90 Å². The molecule has 0 spiro atoms. The van der Waals surface area contributed by atoms with Crippen LogP contribution in [0.4, 0.5) is 0 Å². The van der Waals surface area contributed by atoms with E-state index in [1.54, 1.807) is 0 Å². The van der Waals surface area contributed by atoms with Crippen LogP contribution < -0.4 is 0 Å². The van der Waals surface area contributed by atoms with Crippen molar-refractivity contribution >= 4 is 5.97 Å². The van der Waals surface area contributed by atoms with E-state index in [1.165, 1.54) is 25.3 Å². The number of carboxylic acid groups (broad SMARTS) is 1. The van der Waals surface area contributed by atoms with Crippen LogP contribution in [-0.2, 0) is 4.79 Å². The predicted molar refractivity (Wildman–Crippen MR) is 67.0 cm³/mol. The van der Waals surface area contributed by atoms with Gasteiger partial charge in [-0.2, -0.15) is 0 Å². The molecule has 2 atom stereocenters. The second kappa shape index (κ2) is 5.19. The number of aliphatic carboxylic acids is 1. The van der Waals surface area contributed by atoms with E-state index in [2.05, 4.69) is 16.8 Å². The van der Waals surface area contributed by atoms with Crippen LogP contribution in [0.2, 0.25) is 0 Å². The maximum atomic E-state index is 10.6. The minimum absolute atomic E-state index is 0.667. The first-order valence-electron chi connectivity index (χ1n) is 6.40. The molecule has 0 radical (unpaired) electrons. The summed E-state index contributed by atoms with van der Waals surface area (Å²) in [6.07, 6.45) is 5.17. The zero-order valence-corrected chi connectivity index (χ0v) is 10.7. The lowest BCUT2D eigenvalue weighted by atomic mass is 10.1. The van der Waals surface area contributed by atoms with Gasteiger partial charge in [0.05, 0.1) is 0 Å². The van der Waals surface area contributed by atoms with Crippen molar-refractivity contribution in [2.45, 2.75) is 38.3 Å². The standard InChI is InChI=1S/C13H22N2O2/c1-10(7-13(16)17)8-15-6-5-11-3-4-12(9-15)14(11)2/h7,11-12H,3-6,8-9H2,1-2H3,(H,16,17). The largest absolute Gasteiger partial charge is 0.478 e. The Kier molecular flexibility index (Phi) is 3.84. The van der Waals surface area contributed by atoms with E-state index in [0.717, 1.165) is 31.2 Å². The van der Waals surface area contributed by atoms with Gasteiger partial charge in [0.2, 0.25) is 0 Å². The van der Waals surface area contributed by atoms with E-state index < -0.39 is 5.97 Å². The van der Waals surface area contributed by atoms with Crippen LogP contribution in [0.3, 0.4) is 0 Å². The number of nitrogens with zero attached hydrogens (tertiary/aromatic N) is 2. The van der Waals surface area contributed by atoms with Gasteiger partial charge >= 0.3 is 5.97 Å². The molecule has 0 aliphatic carbocycles. The maximum Gasteiger partial charge on any atom is 0.328 e. The molecular formula is C13H22N2O2. The van der Waals surface area contributed by atoms with Crippen LogP contribution in [-0.4, -0.2) is 59.6 Å². The third kappa shape index (κ3) is 3.07. The molecule has 2 saturated heterocycles. The lowest BCUT2D eigenvalue weighted by Crippen LogP contribution is -2.37. The fourth-order valence-corrected chi connectivity index (χ4v) is 3.13. The van der Waals surface area contributed by atoms with Gasteiger partial charge in [0.1, 0.15) is 0 Å². The predicted octanol–water partition coefficient (Wildman–Crippen LogP) is 1.19. The lowest BCUT2D eigenvalue weighted by molar-refractivity contribution is -0.131.